The summed E-state index contributed by atoms with van der Waals surface area (Å²) in [4.78, 5) is 5.68. The van der Waals surface area contributed by atoms with E-state index in [2.05, 4.69) is 112 Å². The molecule has 9 heteroatoms. The molecule has 0 unspecified atom stereocenters. The van der Waals surface area contributed by atoms with Crippen LogP contribution in [-0.4, -0.2) is 57.0 Å². The van der Waals surface area contributed by atoms with Gasteiger partial charge in [-0.1, -0.05) is 0 Å². The second-order valence-electron chi connectivity index (χ2n) is 14.9. The van der Waals surface area contributed by atoms with E-state index in [4.69, 9.17) is 18.9 Å². The van der Waals surface area contributed by atoms with Gasteiger partial charge in [-0.3, -0.25) is 0 Å². The Bertz CT molecular complexity index is 916. The van der Waals surface area contributed by atoms with E-state index in [0.29, 0.717) is 0 Å². The van der Waals surface area contributed by atoms with Crippen LogP contribution in [0.5, 0.6) is 0 Å². The molecular weight excluding hydrogens is 704 g/mol. The van der Waals surface area contributed by atoms with Crippen molar-refractivity contribution in [3.8, 4) is 0 Å². The lowest BCUT2D eigenvalue weighted by Gasteiger charge is -2.31. The molecule has 0 saturated carbocycles. The highest BCUT2D eigenvalue weighted by atomic mass is 127. The van der Waals surface area contributed by atoms with Gasteiger partial charge in [0.15, 0.2) is 0 Å². The Morgan fingerprint density at radius 3 is 1.02 bits per heavy atom. The number of ether oxygens (including phenoxy) is 4. The van der Waals surface area contributed by atoms with Crippen LogP contribution in [-0.2, 0) is 18.9 Å². The summed E-state index contributed by atoms with van der Waals surface area (Å²) in [5.41, 5.74) is -0.542. The normalized spacial score (nSPS) is 18.6. The summed E-state index contributed by atoms with van der Waals surface area (Å²) in [6, 6.07) is 2.47. The number of halogens is 1. The predicted octanol–water partition coefficient (Wildman–Crippen LogP) is 10.9. The summed E-state index contributed by atoms with van der Waals surface area (Å²) >= 11 is 10.8. The van der Waals surface area contributed by atoms with Crippen LogP contribution < -0.4 is 0 Å². The zero-order chi connectivity index (χ0) is 30.9. The van der Waals surface area contributed by atoms with E-state index in [1.807, 2.05) is 47.0 Å². The van der Waals surface area contributed by atoms with Gasteiger partial charge in [-0.25, -0.2) is 0 Å². The maximum Gasteiger partial charge on any atom is 0.0750 e. The summed E-state index contributed by atoms with van der Waals surface area (Å²) in [5.74, 6) is 0. The Morgan fingerprint density at radius 1 is 0.512 bits per heavy atom. The number of hydrogen-bond donors (Lipinski definition) is 0. The van der Waals surface area contributed by atoms with Crippen LogP contribution in [0.4, 0.5) is 0 Å². The molecule has 0 N–H and O–H groups in total. The van der Waals surface area contributed by atoms with Crippen LogP contribution in [0, 0.1) is 3.57 Å². The topological polar surface area (TPSA) is 36.9 Å². The van der Waals surface area contributed by atoms with E-state index in [1.54, 1.807) is 0 Å². The fourth-order valence-corrected chi connectivity index (χ4v) is 12.5. The Balaban J connectivity index is 1.82. The minimum atomic E-state index is -0.135. The van der Waals surface area contributed by atoms with Crippen LogP contribution in [0.2, 0.25) is 0 Å². The first-order valence-electron chi connectivity index (χ1n) is 14.8. The summed E-state index contributed by atoms with van der Waals surface area (Å²) in [6.07, 6.45) is 3.95. The van der Waals surface area contributed by atoms with Gasteiger partial charge in [0.2, 0.25) is 0 Å². The first-order chi connectivity index (χ1) is 18.6. The lowest BCUT2D eigenvalue weighted by Crippen LogP contribution is -2.28. The van der Waals surface area contributed by atoms with Crippen molar-refractivity contribution in [2.45, 2.75) is 159 Å². The molecule has 2 aliphatic heterocycles. The highest BCUT2D eigenvalue weighted by Crippen LogP contribution is 2.67. The second-order valence-corrected chi connectivity index (χ2v) is 22.2. The maximum atomic E-state index is 6.22. The summed E-state index contributed by atoms with van der Waals surface area (Å²) in [7, 11) is 0. The molecule has 0 fully saturated rings. The Morgan fingerprint density at radius 2 is 0.780 bits per heavy atom. The van der Waals surface area contributed by atoms with Crippen molar-refractivity contribution < 1.29 is 18.9 Å². The highest BCUT2D eigenvalue weighted by Gasteiger charge is 2.46. The lowest BCUT2D eigenvalue weighted by atomic mass is 10.1. The van der Waals surface area contributed by atoms with Crippen LogP contribution in [0.15, 0.2) is 25.6 Å². The van der Waals surface area contributed by atoms with Crippen molar-refractivity contribution in [1.82, 2.24) is 0 Å². The number of hydrogen-bond acceptors (Lipinski definition) is 8. The van der Waals surface area contributed by atoms with E-state index in [0.717, 1.165) is 52.1 Å². The first-order valence-corrected chi connectivity index (χ1v) is 19.1. The standard InChI is InChI=1S/C32H53IO4S4/c1-27(2,3)34-17-13-31(14-18-35-28(4,5)6)38-22-21-23-26(24(33)25(22)40-31)41-32(39-23,15-19-36-29(7,8)9)16-20-37-30(10,11)12/h21H,13-20H2,1-12H3. The van der Waals surface area contributed by atoms with Crippen molar-refractivity contribution >= 4 is 69.6 Å². The summed E-state index contributed by atoms with van der Waals surface area (Å²) in [6.45, 7) is 28.6. The van der Waals surface area contributed by atoms with E-state index in [9.17, 15) is 0 Å². The zero-order valence-electron chi connectivity index (χ0n) is 27.4. The number of benzene rings is 1. The molecule has 2 aliphatic rings. The molecule has 0 bridgehead atoms. The maximum absolute atomic E-state index is 6.22. The van der Waals surface area contributed by atoms with Crippen molar-refractivity contribution in [3.63, 3.8) is 0 Å². The predicted molar refractivity (Wildman–Crippen MR) is 189 cm³/mol. The van der Waals surface area contributed by atoms with Crippen LogP contribution in [0.3, 0.4) is 0 Å². The largest absolute Gasteiger partial charge is 0.376 e. The number of fused-ring (bicyclic) bond motifs is 2. The zero-order valence-corrected chi connectivity index (χ0v) is 32.8. The summed E-state index contributed by atoms with van der Waals surface area (Å²) < 4.78 is 26.3. The van der Waals surface area contributed by atoms with Gasteiger partial charge < -0.3 is 18.9 Å². The lowest BCUT2D eigenvalue weighted by molar-refractivity contribution is -0.0149. The SMILES string of the molecule is CC(C)(C)OCCC1(CCOC(C)(C)C)Sc2cc3c(c(I)c2S1)SC(CCOC(C)(C)C)(CCOC(C)(C)C)S3. The van der Waals surface area contributed by atoms with Gasteiger partial charge in [0, 0.05) is 49.6 Å². The van der Waals surface area contributed by atoms with E-state index in [-0.39, 0.29) is 30.6 Å². The van der Waals surface area contributed by atoms with Gasteiger partial charge in [-0.05, 0) is 137 Å². The van der Waals surface area contributed by atoms with Crippen LogP contribution in [0.1, 0.15) is 109 Å². The number of thioether (sulfide) groups is 4. The molecule has 2 heterocycles. The molecule has 0 atom stereocenters. The average Bonchev–Trinajstić information content (AvgIpc) is 3.29. The molecule has 41 heavy (non-hydrogen) atoms. The average molecular weight is 757 g/mol. The quantitative estimate of drug-likeness (QED) is 0.195. The monoisotopic (exact) mass is 756 g/mol. The minimum absolute atomic E-state index is 0.0152. The first kappa shape index (κ1) is 36.7. The van der Waals surface area contributed by atoms with Crippen molar-refractivity contribution in [2.75, 3.05) is 26.4 Å². The van der Waals surface area contributed by atoms with Gasteiger partial charge in [-0.2, -0.15) is 0 Å². The van der Waals surface area contributed by atoms with Gasteiger partial charge in [0.05, 0.1) is 30.6 Å². The second kappa shape index (κ2) is 13.9. The van der Waals surface area contributed by atoms with Crippen LogP contribution >= 0.6 is 69.6 Å². The highest BCUT2D eigenvalue weighted by molar-refractivity contribution is 14.1. The van der Waals surface area contributed by atoms with Crippen molar-refractivity contribution in [3.05, 3.63) is 9.64 Å². The fraction of sp³-hybridized carbons (Fsp3) is 0.812. The molecule has 0 radical (unpaired) electrons. The Hall–Kier alpha value is 1.19. The van der Waals surface area contributed by atoms with E-state index in [1.165, 1.54) is 23.2 Å². The molecule has 1 aromatic carbocycles. The Kier molecular flexibility index (Phi) is 12.4. The molecule has 4 nitrogen and oxygen atoms in total. The van der Waals surface area contributed by atoms with Gasteiger partial charge in [0.25, 0.3) is 0 Å². The fourth-order valence-electron chi connectivity index (χ4n) is 4.44. The van der Waals surface area contributed by atoms with Crippen molar-refractivity contribution in [1.29, 1.82) is 0 Å². The molecule has 236 valence electrons. The third-order valence-electron chi connectivity index (χ3n) is 6.35. The molecular formula is C32H53IO4S4. The van der Waals surface area contributed by atoms with Gasteiger partial charge in [0.1, 0.15) is 0 Å². The molecule has 0 aromatic heterocycles. The van der Waals surface area contributed by atoms with Gasteiger partial charge >= 0.3 is 0 Å². The van der Waals surface area contributed by atoms with Crippen molar-refractivity contribution in [2.24, 2.45) is 0 Å². The third-order valence-corrected chi connectivity index (χ3v) is 14.9. The van der Waals surface area contributed by atoms with Crippen LogP contribution in [0.25, 0.3) is 0 Å². The third kappa shape index (κ3) is 11.8. The molecule has 1 aromatic rings. The smallest absolute Gasteiger partial charge is 0.0750 e. The molecule has 0 spiro atoms. The molecule has 0 saturated heterocycles. The van der Waals surface area contributed by atoms with E-state index < -0.39 is 0 Å². The van der Waals surface area contributed by atoms with E-state index >= 15 is 0 Å². The minimum Gasteiger partial charge on any atom is -0.376 e. The Labute approximate surface area is 281 Å². The molecule has 3 rings (SSSR count). The number of rotatable bonds is 12. The molecule has 0 amide bonds. The molecule has 0 aliphatic carbocycles. The summed E-state index contributed by atoms with van der Waals surface area (Å²) in [5, 5.41) is 0. The van der Waals surface area contributed by atoms with Gasteiger partial charge in [-0.15, -0.1) is 47.0 Å².